The number of hydrogen-bond donors (Lipinski definition) is 1. The van der Waals surface area contributed by atoms with Crippen molar-refractivity contribution in [2.45, 2.75) is 6.92 Å². The molecule has 0 atom stereocenters. The molecule has 0 saturated carbocycles. The normalized spacial score (nSPS) is 11.0. The van der Waals surface area contributed by atoms with E-state index in [9.17, 15) is 14.9 Å². The molecule has 0 radical (unpaired) electrons. The van der Waals surface area contributed by atoms with E-state index < -0.39 is 10.8 Å². The molecule has 8 heteroatoms. The van der Waals surface area contributed by atoms with Gasteiger partial charge in [0.1, 0.15) is 5.75 Å². The van der Waals surface area contributed by atoms with Gasteiger partial charge in [-0.25, -0.2) is 5.43 Å². The summed E-state index contributed by atoms with van der Waals surface area (Å²) in [5.41, 5.74) is 3.97. The Labute approximate surface area is 146 Å². The van der Waals surface area contributed by atoms with Gasteiger partial charge in [0.2, 0.25) is 0 Å². The van der Waals surface area contributed by atoms with Gasteiger partial charge in [0.25, 0.3) is 11.6 Å². The number of hydrazone groups is 1. The van der Waals surface area contributed by atoms with Crippen molar-refractivity contribution in [3.63, 3.8) is 0 Å². The Morgan fingerprint density at radius 3 is 2.50 bits per heavy atom. The molecule has 0 aliphatic rings. The highest BCUT2D eigenvalue weighted by molar-refractivity contribution is 9.10. The molecule has 0 spiro atoms. The number of amides is 1. The number of nitro benzene ring substituents is 1. The zero-order chi connectivity index (χ0) is 17.7. The second kappa shape index (κ2) is 7.69. The number of hydrogen-bond acceptors (Lipinski definition) is 5. The van der Waals surface area contributed by atoms with E-state index in [0.29, 0.717) is 22.6 Å². The number of methoxy groups -OCH3 is 1. The first-order valence-corrected chi connectivity index (χ1v) is 7.64. The van der Waals surface area contributed by atoms with E-state index in [-0.39, 0.29) is 5.69 Å². The van der Waals surface area contributed by atoms with Gasteiger partial charge >= 0.3 is 0 Å². The van der Waals surface area contributed by atoms with Gasteiger partial charge in [0, 0.05) is 16.6 Å². The topological polar surface area (TPSA) is 93.8 Å². The van der Waals surface area contributed by atoms with E-state index in [0.717, 1.165) is 4.47 Å². The van der Waals surface area contributed by atoms with Gasteiger partial charge in [-0.05, 0) is 42.8 Å². The summed E-state index contributed by atoms with van der Waals surface area (Å²) >= 11 is 3.30. The Bertz CT molecular complexity index is 803. The van der Waals surface area contributed by atoms with Crippen LogP contribution in [-0.2, 0) is 0 Å². The summed E-state index contributed by atoms with van der Waals surface area (Å²) in [5, 5.41) is 14.7. The minimum atomic E-state index is -0.475. The van der Waals surface area contributed by atoms with Crippen LogP contribution in [0.15, 0.2) is 52.0 Å². The Morgan fingerprint density at radius 2 is 1.92 bits per heavy atom. The second-order valence-electron chi connectivity index (χ2n) is 4.79. The van der Waals surface area contributed by atoms with Crippen molar-refractivity contribution in [2.24, 2.45) is 5.10 Å². The third-order valence-electron chi connectivity index (χ3n) is 3.23. The van der Waals surface area contributed by atoms with Crippen molar-refractivity contribution in [3.8, 4) is 5.75 Å². The van der Waals surface area contributed by atoms with E-state index in [1.54, 1.807) is 37.3 Å². The van der Waals surface area contributed by atoms with E-state index in [4.69, 9.17) is 4.74 Å². The van der Waals surface area contributed by atoms with E-state index in [1.165, 1.54) is 19.2 Å². The van der Waals surface area contributed by atoms with Crippen molar-refractivity contribution < 1.29 is 14.5 Å². The maximum absolute atomic E-state index is 12.2. The Balaban J connectivity index is 2.16. The lowest BCUT2D eigenvalue weighted by Crippen LogP contribution is -2.20. The predicted octanol–water partition coefficient (Wildman–Crippen LogP) is 3.52. The fraction of sp³-hybridized carbons (Fsp3) is 0.125. The van der Waals surface area contributed by atoms with Crippen LogP contribution in [0, 0.1) is 10.1 Å². The van der Waals surface area contributed by atoms with Crippen LogP contribution in [0.3, 0.4) is 0 Å². The largest absolute Gasteiger partial charge is 0.496 e. The van der Waals surface area contributed by atoms with Crippen LogP contribution >= 0.6 is 15.9 Å². The number of nitro groups is 1. The highest BCUT2D eigenvalue weighted by Crippen LogP contribution is 2.22. The van der Waals surface area contributed by atoms with Crippen molar-refractivity contribution >= 4 is 33.2 Å². The third-order valence-corrected chi connectivity index (χ3v) is 3.72. The van der Waals surface area contributed by atoms with Crippen LogP contribution in [0.1, 0.15) is 22.8 Å². The number of nitrogens with one attached hydrogen (secondary N) is 1. The predicted molar refractivity (Wildman–Crippen MR) is 93.5 cm³/mol. The number of benzene rings is 2. The smallest absolute Gasteiger partial charge is 0.275 e. The molecule has 2 aromatic rings. The van der Waals surface area contributed by atoms with Gasteiger partial charge in [0.05, 0.1) is 23.3 Å². The standard InChI is InChI=1S/C16H14BrN3O4/c1-10(11-3-6-13(7-4-11)20(22)23)18-19-16(21)14-9-12(17)5-8-15(14)24-2/h3-9H,1-2H3,(H,19,21)/b18-10-. The van der Waals surface area contributed by atoms with Crippen LogP contribution in [0.2, 0.25) is 0 Å². The van der Waals surface area contributed by atoms with E-state index in [2.05, 4.69) is 26.5 Å². The molecule has 0 aromatic heterocycles. The van der Waals surface area contributed by atoms with Gasteiger partial charge in [-0.2, -0.15) is 5.10 Å². The molecule has 24 heavy (non-hydrogen) atoms. The first-order valence-electron chi connectivity index (χ1n) is 6.85. The summed E-state index contributed by atoms with van der Waals surface area (Å²) in [6, 6.07) is 11.0. The first kappa shape index (κ1) is 17.6. The van der Waals surface area contributed by atoms with Crippen LogP contribution < -0.4 is 10.2 Å². The molecule has 124 valence electrons. The van der Waals surface area contributed by atoms with Crippen LogP contribution in [0.25, 0.3) is 0 Å². The Hall–Kier alpha value is -2.74. The number of rotatable bonds is 5. The fourth-order valence-electron chi connectivity index (χ4n) is 1.94. The quantitative estimate of drug-likeness (QED) is 0.479. The number of nitrogens with zero attached hydrogens (tertiary/aromatic N) is 2. The van der Waals surface area contributed by atoms with Crippen molar-refractivity contribution in [3.05, 3.63) is 68.2 Å². The van der Waals surface area contributed by atoms with Crippen LogP contribution in [0.5, 0.6) is 5.75 Å². The zero-order valence-electron chi connectivity index (χ0n) is 12.9. The maximum atomic E-state index is 12.2. The number of ether oxygens (including phenoxy) is 1. The average molecular weight is 392 g/mol. The minimum Gasteiger partial charge on any atom is -0.496 e. The monoisotopic (exact) mass is 391 g/mol. The average Bonchev–Trinajstić information content (AvgIpc) is 2.59. The molecule has 0 saturated heterocycles. The van der Waals surface area contributed by atoms with E-state index in [1.807, 2.05) is 0 Å². The highest BCUT2D eigenvalue weighted by atomic mass is 79.9. The number of carbonyl (C=O) groups excluding carboxylic acids is 1. The molecule has 7 nitrogen and oxygen atoms in total. The summed E-state index contributed by atoms with van der Waals surface area (Å²) < 4.78 is 5.89. The highest BCUT2D eigenvalue weighted by Gasteiger charge is 2.12. The molecule has 0 unspecified atom stereocenters. The van der Waals surface area contributed by atoms with Gasteiger partial charge in [-0.15, -0.1) is 0 Å². The van der Waals surface area contributed by atoms with Crippen LogP contribution in [0.4, 0.5) is 5.69 Å². The van der Waals surface area contributed by atoms with Crippen LogP contribution in [-0.4, -0.2) is 23.7 Å². The summed E-state index contributed by atoms with van der Waals surface area (Å²) in [6.45, 7) is 1.69. The lowest BCUT2D eigenvalue weighted by atomic mass is 10.1. The fourth-order valence-corrected chi connectivity index (χ4v) is 2.30. The molecule has 1 N–H and O–H groups in total. The molecule has 0 aliphatic carbocycles. The van der Waals surface area contributed by atoms with Gasteiger partial charge in [-0.3, -0.25) is 14.9 Å². The Morgan fingerprint density at radius 1 is 1.25 bits per heavy atom. The lowest BCUT2D eigenvalue weighted by Gasteiger charge is -2.08. The van der Waals surface area contributed by atoms with Crippen molar-refractivity contribution in [1.82, 2.24) is 5.43 Å². The van der Waals surface area contributed by atoms with Gasteiger partial charge in [-0.1, -0.05) is 15.9 Å². The summed E-state index contributed by atoms with van der Waals surface area (Å²) in [6.07, 6.45) is 0. The van der Waals surface area contributed by atoms with Gasteiger partial charge < -0.3 is 4.74 Å². The molecule has 0 aliphatic heterocycles. The minimum absolute atomic E-state index is 0.00513. The molecule has 2 aromatic carbocycles. The van der Waals surface area contributed by atoms with E-state index >= 15 is 0 Å². The molecular weight excluding hydrogens is 378 g/mol. The van der Waals surface area contributed by atoms with Crippen molar-refractivity contribution in [1.29, 1.82) is 0 Å². The maximum Gasteiger partial charge on any atom is 0.275 e. The zero-order valence-corrected chi connectivity index (χ0v) is 14.5. The molecule has 1 amide bonds. The summed E-state index contributed by atoms with van der Waals surface area (Å²) in [5.74, 6) is 0.00769. The van der Waals surface area contributed by atoms with Gasteiger partial charge in [0.15, 0.2) is 0 Å². The number of non-ortho nitro benzene ring substituents is 1. The van der Waals surface area contributed by atoms with Crippen molar-refractivity contribution in [2.75, 3.05) is 7.11 Å². The summed E-state index contributed by atoms with van der Waals surface area (Å²) in [4.78, 5) is 22.4. The SMILES string of the molecule is COc1ccc(Br)cc1C(=O)N/N=C(/C)c1ccc([N+](=O)[O-])cc1. The molecule has 0 fully saturated rings. The molecule has 0 heterocycles. The number of carbonyl (C=O) groups is 1. The second-order valence-corrected chi connectivity index (χ2v) is 5.70. The molecule has 0 bridgehead atoms. The first-order chi connectivity index (χ1) is 11.4. The summed E-state index contributed by atoms with van der Waals surface area (Å²) in [7, 11) is 1.48. The number of halogens is 1. The Kier molecular flexibility index (Phi) is 5.64. The molecular formula is C16H14BrN3O4. The lowest BCUT2D eigenvalue weighted by molar-refractivity contribution is -0.384. The third kappa shape index (κ3) is 4.17. The molecule has 2 rings (SSSR count).